The fourth-order valence-corrected chi connectivity index (χ4v) is 2.54. The highest BCUT2D eigenvalue weighted by molar-refractivity contribution is 5.99. The number of hydrogen-bond donors (Lipinski definition) is 4. The summed E-state index contributed by atoms with van der Waals surface area (Å²) >= 11 is 0. The SMILES string of the molecule is C/C(=N\NC(=O)CC[NH+]1CC[NH+](C)CC1)c1ccc(O)cc1. The van der Waals surface area contributed by atoms with E-state index in [1.165, 1.54) is 18.0 Å². The number of likely N-dealkylation sites (N-methyl/N-ethyl adjacent to an activating group) is 1. The van der Waals surface area contributed by atoms with Crippen LogP contribution in [0.5, 0.6) is 5.75 Å². The number of benzene rings is 1. The van der Waals surface area contributed by atoms with Gasteiger partial charge < -0.3 is 14.9 Å². The Labute approximate surface area is 131 Å². The number of quaternary nitrogens is 2. The number of carbonyl (C=O) groups excluding carboxylic acids is 1. The van der Waals surface area contributed by atoms with Crippen LogP contribution in [0.1, 0.15) is 18.9 Å². The normalized spacial score (nSPS) is 22.4. The smallest absolute Gasteiger partial charge is 0.245 e. The summed E-state index contributed by atoms with van der Waals surface area (Å²) in [5, 5.41) is 13.4. The third kappa shape index (κ3) is 5.13. The van der Waals surface area contributed by atoms with E-state index >= 15 is 0 Å². The number of hydrogen-bond acceptors (Lipinski definition) is 3. The monoisotopic (exact) mass is 306 g/mol. The summed E-state index contributed by atoms with van der Waals surface area (Å²) < 4.78 is 0. The number of rotatable bonds is 5. The van der Waals surface area contributed by atoms with E-state index in [1.807, 2.05) is 6.92 Å². The molecule has 0 bridgehead atoms. The minimum absolute atomic E-state index is 0.0445. The molecule has 0 saturated carbocycles. The van der Waals surface area contributed by atoms with Gasteiger partial charge in [0.1, 0.15) is 31.9 Å². The first-order chi connectivity index (χ1) is 10.5. The van der Waals surface area contributed by atoms with Crippen LogP contribution in [0, 0.1) is 0 Å². The van der Waals surface area contributed by atoms with Gasteiger partial charge in [0.25, 0.3) is 0 Å². The molecule has 1 saturated heterocycles. The summed E-state index contributed by atoms with van der Waals surface area (Å²) in [6.07, 6.45) is 0.501. The number of piperazine rings is 1. The largest absolute Gasteiger partial charge is 0.508 e. The molecule has 0 aromatic heterocycles. The molecular weight excluding hydrogens is 280 g/mol. The van der Waals surface area contributed by atoms with Crippen molar-refractivity contribution in [2.75, 3.05) is 39.8 Å². The van der Waals surface area contributed by atoms with Gasteiger partial charge in [0.15, 0.2) is 0 Å². The molecule has 0 radical (unpaired) electrons. The Bertz CT molecular complexity index is 519. The van der Waals surface area contributed by atoms with Gasteiger partial charge >= 0.3 is 0 Å². The first-order valence-electron chi connectivity index (χ1n) is 7.82. The predicted molar refractivity (Wildman–Crippen MR) is 85.3 cm³/mol. The summed E-state index contributed by atoms with van der Waals surface area (Å²) in [4.78, 5) is 14.9. The van der Waals surface area contributed by atoms with Gasteiger partial charge in [0, 0.05) is 0 Å². The maximum atomic E-state index is 11.9. The fourth-order valence-electron chi connectivity index (χ4n) is 2.54. The lowest BCUT2D eigenvalue weighted by atomic mass is 10.1. The van der Waals surface area contributed by atoms with E-state index in [1.54, 1.807) is 29.2 Å². The number of phenols is 1. The summed E-state index contributed by atoms with van der Waals surface area (Å²) in [6.45, 7) is 7.32. The molecule has 1 aromatic rings. The van der Waals surface area contributed by atoms with Crippen LogP contribution in [0.3, 0.4) is 0 Å². The third-order valence-electron chi connectivity index (χ3n) is 4.15. The molecule has 1 fully saturated rings. The maximum Gasteiger partial charge on any atom is 0.245 e. The maximum absolute atomic E-state index is 11.9. The zero-order chi connectivity index (χ0) is 15.9. The number of phenolic OH excluding ortho intramolecular Hbond substituents is 1. The van der Waals surface area contributed by atoms with Crippen molar-refractivity contribution in [1.82, 2.24) is 5.43 Å². The Hall–Kier alpha value is -1.92. The van der Waals surface area contributed by atoms with Crippen LogP contribution in [-0.4, -0.2) is 56.5 Å². The van der Waals surface area contributed by atoms with Crippen molar-refractivity contribution in [1.29, 1.82) is 0 Å². The standard InChI is InChI=1S/C16H24N4O2/c1-13(14-3-5-15(21)6-4-14)17-18-16(22)7-8-20-11-9-19(2)10-12-20/h3-6,21H,7-12H2,1-2H3,(H,18,22)/p+2/b17-13+. The van der Waals surface area contributed by atoms with Gasteiger partial charge in [-0.25, -0.2) is 5.43 Å². The van der Waals surface area contributed by atoms with E-state index in [2.05, 4.69) is 17.6 Å². The lowest BCUT2D eigenvalue weighted by molar-refractivity contribution is -1.00. The zero-order valence-corrected chi connectivity index (χ0v) is 13.4. The number of nitrogens with zero attached hydrogens (tertiary/aromatic N) is 1. The highest BCUT2D eigenvalue weighted by Crippen LogP contribution is 2.10. The molecule has 1 aliphatic heterocycles. The second-order valence-electron chi connectivity index (χ2n) is 5.99. The highest BCUT2D eigenvalue weighted by Gasteiger charge is 2.20. The molecule has 0 aliphatic carbocycles. The Balaban J connectivity index is 1.74. The van der Waals surface area contributed by atoms with Crippen molar-refractivity contribution in [3.63, 3.8) is 0 Å². The molecule has 4 N–H and O–H groups in total. The van der Waals surface area contributed by atoms with Crippen molar-refractivity contribution >= 4 is 11.6 Å². The first-order valence-corrected chi connectivity index (χ1v) is 7.82. The van der Waals surface area contributed by atoms with E-state index in [9.17, 15) is 9.90 Å². The van der Waals surface area contributed by atoms with E-state index in [0.29, 0.717) is 6.42 Å². The van der Waals surface area contributed by atoms with E-state index in [4.69, 9.17) is 0 Å². The number of hydrazone groups is 1. The number of carbonyl (C=O) groups is 1. The van der Waals surface area contributed by atoms with E-state index in [0.717, 1.165) is 30.9 Å². The van der Waals surface area contributed by atoms with Gasteiger partial charge in [-0.1, -0.05) is 0 Å². The van der Waals surface area contributed by atoms with Crippen LogP contribution in [0.25, 0.3) is 0 Å². The van der Waals surface area contributed by atoms with Crippen LogP contribution >= 0.6 is 0 Å². The Morgan fingerprint density at radius 2 is 1.86 bits per heavy atom. The molecular formula is C16H26N4O2+2. The van der Waals surface area contributed by atoms with Gasteiger partial charge in [-0.05, 0) is 36.8 Å². The molecule has 6 nitrogen and oxygen atoms in total. The first kappa shape index (κ1) is 16.5. The zero-order valence-electron chi connectivity index (χ0n) is 13.4. The van der Waals surface area contributed by atoms with Crippen molar-refractivity contribution in [3.8, 4) is 5.75 Å². The Kier molecular flexibility index (Phi) is 5.91. The van der Waals surface area contributed by atoms with Crippen molar-refractivity contribution in [2.45, 2.75) is 13.3 Å². The predicted octanol–water partition coefficient (Wildman–Crippen LogP) is -1.96. The van der Waals surface area contributed by atoms with Gasteiger partial charge in [-0.15, -0.1) is 0 Å². The number of aromatic hydroxyl groups is 1. The van der Waals surface area contributed by atoms with Crippen molar-refractivity contribution in [3.05, 3.63) is 29.8 Å². The molecule has 0 unspecified atom stereocenters. The lowest BCUT2D eigenvalue weighted by Crippen LogP contribution is -3.27. The average Bonchev–Trinajstić information content (AvgIpc) is 2.52. The molecule has 0 spiro atoms. The van der Waals surface area contributed by atoms with Crippen LogP contribution in [0.4, 0.5) is 0 Å². The molecule has 120 valence electrons. The Morgan fingerprint density at radius 1 is 1.23 bits per heavy atom. The van der Waals surface area contributed by atoms with Gasteiger partial charge in [-0.2, -0.15) is 5.10 Å². The molecule has 1 heterocycles. The second kappa shape index (κ2) is 7.91. The quantitative estimate of drug-likeness (QED) is 0.377. The molecule has 22 heavy (non-hydrogen) atoms. The minimum atomic E-state index is -0.0445. The molecule has 0 atom stereocenters. The minimum Gasteiger partial charge on any atom is -0.508 e. The van der Waals surface area contributed by atoms with Gasteiger partial charge in [-0.3, -0.25) is 4.79 Å². The van der Waals surface area contributed by atoms with Crippen LogP contribution < -0.4 is 15.2 Å². The number of amides is 1. The van der Waals surface area contributed by atoms with Crippen molar-refractivity contribution in [2.24, 2.45) is 5.10 Å². The second-order valence-corrected chi connectivity index (χ2v) is 5.99. The van der Waals surface area contributed by atoms with Crippen LogP contribution in [0.15, 0.2) is 29.4 Å². The molecule has 2 rings (SSSR count). The van der Waals surface area contributed by atoms with Gasteiger partial charge in [0.2, 0.25) is 5.91 Å². The fraction of sp³-hybridized carbons (Fsp3) is 0.500. The third-order valence-corrected chi connectivity index (χ3v) is 4.15. The van der Waals surface area contributed by atoms with Gasteiger partial charge in [0.05, 0.1) is 25.7 Å². The summed E-state index contributed by atoms with van der Waals surface area (Å²) in [7, 11) is 2.21. The summed E-state index contributed by atoms with van der Waals surface area (Å²) in [5.74, 6) is 0.175. The lowest BCUT2D eigenvalue weighted by Gasteiger charge is -2.26. The number of nitrogens with one attached hydrogen (secondary N) is 3. The average molecular weight is 306 g/mol. The van der Waals surface area contributed by atoms with E-state index in [-0.39, 0.29) is 11.7 Å². The molecule has 1 aliphatic rings. The Morgan fingerprint density at radius 3 is 2.50 bits per heavy atom. The molecule has 1 amide bonds. The van der Waals surface area contributed by atoms with Crippen molar-refractivity contribution < 1.29 is 19.7 Å². The highest BCUT2D eigenvalue weighted by atomic mass is 16.3. The molecule has 6 heteroatoms. The van der Waals surface area contributed by atoms with Crippen LogP contribution in [-0.2, 0) is 4.79 Å². The summed E-state index contributed by atoms with van der Waals surface area (Å²) in [6, 6.07) is 6.76. The van der Waals surface area contributed by atoms with E-state index < -0.39 is 0 Å². The van der Waals surface area contributed by atoms with Crippen LogP contribution in [0.2, 0.25) is 0 Å². The summed E-state index contributed by atoms with van der Waals surface area (Å²) in [5.41, 5.74) is 4.22. The molecule has 1 aromatic carbocycles. The topological polar surface area (TPSA) is 70.6 Å².